The summed E-state index contributed by atoms with van der Waals surface area (Å²) in [6, 6.07) is 13.2. The zero-order valence-corrected chi connectivity index (χ0v) is 18.2. The number of fused-ring (bicyclic) bond motifs is 1. The second kappa shape index (κ2) is 9.09. The molecule has 1 aliphatic rings. The lowest BCUT2D eigenvalue weighted by molar-refractivity contribution is -0.0261. The van der Waals surface area contributed by atoms with Crippen molar-refractivity contribution in [2.24, 2.45) is 0 Å². The van der Waals surface area contributed by atoms with Crippen LogP contribution in [0.3, 0.4) is 0 Å². The van der Waals surface area contributed by atoms with Crippen molar-refractivity contribution < 1.29 is 19.1 Å². The molecule has 5 rings (SSSR count). The van der Waals surface area contributed by atoms with E-state index in [1.165, 1.54) is 0 Å². The number of benzene rings is 1. The molecule has 33 heavy (non-hydrogen) atoms. The molecule has 0 aliphatic carbocycles. The Labute approximate surface area is 190 Å². The number of pyridine rings is 1. The Balaban J connectivity index is 1.39. The molecule has 0 spiro atoms. The highest BCUT2D eigenvalue weighted by molar-refractivity contribution is 5.95. The molecule has 8 nitrogen and oxygen atoms in total. The molecule has 4 aromatic rings. The number of furan rings is 1. The molecule has 1 fully saturated rings. The van der Waals surface area contributed by atoms with Crippen LogP contribution in [0.15, 0.2) is 59.3 Å². The summed E-state index contributed by atoms with van der Waals surface area (Å²) in [5.41, 5.74) is 5.41. The van der Waals surface area contributed by atoms with E-state index >= 15 is 0 Å². The van der Waals surface area contributed by atoms with Crippen LogP contribution in [0, 0.1) is 6.92 Å². The van der Waals surface area contributed by atoms with Crippen LogP contribution in [-0.2, 0) is 11.2 Å². The summed E-state index contributed by atoms with van der Waals surface area (Å²) < 4.78 is 10.9. The van der Waals surface area contributed by atoms with E-state index in [2.05, 4.69) is 20.3 Å². The summed E-state index contributed by atoms with van der Waals surface area (Å²) in [5.74, 6) is 0.410. The smallest absolute Gasteiger partial charge is 0.270 e. The first-order chi connectivity index (χ1) is 16.1. The molecule has 3 aromatic heterocycles. The number of aliphatic hydroxyl groups is 1. The number of amides is 1. The number of hydrogen-bond acceptors (Lipinski definition) is 7. The van der Waals surface area contributed by atoms with Crippen molar-refractivity contribution in [1.82, 2.24) is 20.3 Å². The van der Waals surface area contributed by atoms with E-state index in [9.17, 15) is 9.90 Å². The fourth-order valence-corrected chi connectivity index (χ4v) is 4.03. The van der Waals surface area contributed by atoms with Gasteiger partial charge in [0.05, 0.1) is 30.7 Å². The van der Waals surface area contributed by atoms with Gasteiger partial charge in [-0.25, -0.2) is 15.0 Å². The molecule has 8 heteroatoms. The number of nitrogens with zero attached hydrogens (tertiary/aromatic N) is 3. The Kier molecular flexibility index (Phi) is 5.85. The van der Waals surface area contributed by atoms with Crippen molar-refractivity contribution in [1.29, 1.82) is 0 Å². The highest BCUT2D eigenvalue weighted by atomic mass is 16.5. The molecule has 168 valence electrons. The van der Waals surface area contributed by atoms with Crippen molar-refractivity contribution in [2.45, 2.75) is 31.9 Å². The van der Waals surface area contributed by atoms with Gasteiger partial charge in [-0.3, -0.25) is 4.79 Å². The van der Waals surface area contributed by atoms with Crippen LogP contribution in [0.4, 0.5) is 0 Å². The van der Waals surface area contributed by atoms with E-state index in [0.717, 1.165) is 28.2 Å². The van der Waals surface area contributed by atoms with Crippen molar-refractivity contribution in [3.8, 4) is 11.3 Å². The predicted molar refractivity (Wildman–Crippen MR) is 122 cm³/mol. The maximum atomic E-state index is 12.9. The minimum atomic E-state index is -0.725. The third kappa shape index (κ3) is 4.62. The lowest BCUT2D eigenvalue weighted by Gasteiger charge is -2.28. The molecule has 0 bridgehead atoms. The molecule has 4 heterocycles. The highest BCUT2D eigenvalue weighted by Crippen LogP contribution is 2.24. The van der Waals surface area contributed by atoms with E-state index in [0.29, 0.717) is 36.2 Å². The SMILES string of the molecule is Cc1nccc(-c2ccc(Cc3cc(C(=O)N[C@H]4CCOC[C@@H]4O)nc4ccoc34)cc2)n1. The lowest BCUT2D eigenvalue weighted by atomic mass is 10.0. The van der Waals surface area contributed by atoms with Gasteiger partial charge in [0.1, 0.15) is 17.0 Å². The number of aryl methyl sites for hydroxylation is 1. The average Bonchev–Trinajstić information content (AvgIpc) is 3.30. The van der Waals surface area contributed by atoms with E-state index in [4.69, 9.17) is 9.15 Å². The summed E-state index contributed by atoms with van der Waals surface area (Å²) in [5, 5.41) is 13.0. The van der Waals surface area contributed by atoms with Gasteiger partial charge in [-0.05, 0) is 31.0 Å². The summed E-state index contributed by atoms with van der Waals surface area (Å²) in [4.78, 5) is 26.0. The summed E-state index contributed by atoms with van der Waals surface area (Å²) in [7, 11) is 0. The van der Waals surface area contributed by atoms with Gasteiger partial charge in [-0.1, -0.05) is 24.3 Å². The average molecular weight is 444 g/mol. The maximum absolute atomic E-state index is 12.9. The van der Waals surface area contributed by atoms with Crippen molar-refractivity contribution in [3.63, 3.8) is 0 Å². The third-order valence-corrected chi connectivity index (χ3v) is 5.78. The zero-order chi connectivity index (χ0) is 22.8. The fraction of sp³-hybridized carbons (Fsp3) is 0.280. The van der Waals surface area contributed by atoms with Crippen molar-refractivity contribution >= 4 is 17.0 Å². The number of aliphatic hydroxyl groups excluding tert-OH is 1. The topological polar surface area (TPSA) is 110 Å². The quantitative estimate of drug-likeness (QED) is 0.487. The minimum absolute atomic E-state index is 0.217. The van der Waals surface area contributed by atoms with E-state index < -0.39 is 6.10 Å². The fourth-order valence-electron chi connectivity index (χ4n) is 4.03. The van der Waals surface area contributed by atoms with E-state index in [-0.39, 0.29) is 18.6 Å². The molecule has 2 N–H and O–H groups in total. The Morgan fingerprint density at radius 2 is 2.03 bits per heavy atom. The van der Waals surface area contributed by atoms with Crippen molar-refractivity contribution in [3.05, 3.63) is 77.6 Å². The molecular formula is C25H24N4O4. The van der Waals surface area contributed by atoms with E-state index in [1.807, 2.05) is 37.3 Å². The standard InChI is InChI=1S/C25H24N4O4/c1-15-26-9-6-19(27-15)17-4-2-16(3-5-17)12-18-13-22(28-21-8-11-33-24(18)21)25(31)29-20-7-10-32-14-23(20)30/h2-6,8-9,11,13,20,23,30H,7,10,12,14H2,1H3,(H,29,31)/t20-,23-/m0/s1. The Morgan fingerprint density at radius 3 is 2.82 bits per heavy atom. The largest absolute Gasteiger partial charge is 0.462 e. The molecule has 1 aromatic carbocycles. The molecule has 0 radical (unpaired) electrons. The summed E-state index contributed by atoms with van der Waals surface area (Å²) in [6.07, 6.45) is 3.74. The van der Waals surface area contributed by atoms with Gasteiger partial charge in [0, 0.05) is 36.4 Å². The highest BCUT2D eigenvalue weighted by Gasteiger charge is 2.26. The number of rotatable bonds is 5. The Bertz CT molecular complexity index is 1290. The number of ether oxygens (including phenoxy) is 1. The van der Waals surface area contributed by atoms with Crippen LogP contribution in [-0.4, -0.2) is 51.3 Å². The Morgan fingerprint density at radius 1 is 1.18 bits per heavy atom. The number of carbonyl (C=O) groups excluding carboxylic acids is 1. The molecule has 1 saturated heterocycles. The molecular weight excluding hydrogens is 420 g/mol. The molecule has 2 atom stereocenters. The zero-order valence-electron chi connectivity index (χ0n) is 18.2. The Hall–Kier alpha value is -3.62. The summed E-state index contributed by atoms with van der Waals surface area (Å²) >= 11 is 0. The predicted octanol–water partition coefficient (Wildman–Crippen LogP) is 3.06. The molecule has 0 unspecified atom stereocenters. The third-order valence-electron chi connectivity index (χ3n) is 5.78. The van der Waals surface area contributed by atoms with Gasteiger partial charge in [-0.2, -0.15) is 0 Å². The molecule has 0 saturated carbocycles. The van der Waals surface area contributed by atoms with Crippen molar-refractivity contribution in [2.75, 3.05) is 13.2 Å². The number of aromatic nitrogens is 3. The maximum Gasteiger partial charge on any atom is 0.270 e. The summed E-state index contributed by atoms with van der Waals surface area (Å²) in [6.45, 7) is 2.59. The van der Waals surface area contributed by atoms with Crippen LogP contribution >= 0.6 is 0 Å². The van der Waals surface area contributed by atoms with Crippen LogP contribution < -0.4 is 5.32 Å². The first-order valence-corrected chi connectivity index (χ1v) is 10.9. The van der Waals surface area contributed by atoms with E-state index in [1.54, 1.807) is 24.6 Å². The number of carbonyl (C=O) groups is 1. The molecule has 1 amide bonds. The van der Waals surface area contributed by atoms with Gasteiger partial charge in [0.25, 0.3) is 5.91 Å². The lowest BCUT2D eigenvalue weighted by Crippen LogP contribution is -2.48. The van der Waals surface area contributed by atoms with Crippen LogP contribution in [0.2, 0.25) is 0 Å². The first-order valence-electron chi connectivity index (χ1n) is 10.9. The van der Waals surface area contributed by atoms with Crippen LogP contribution in [0.1, 0.15) is 33.9 Å². The van der Waals surface area contributed by atoms with Gasteiger partial charge in [-0.15, -0.1) is 0 Å². The monoisotopic (exact) mass is 444 g/mol. The normalized spacial score (nSPS) is 18.4. The van der Waals surface area contributed by atoms with Gasteiger partial charge >= 0.3 is 0 Å². The molecule has 1 aliphatic heterocycles. The van der Waals surface area contributed by atoms with Gasteiger partial charge < -0.3 is 19.6 Å². The number of hydrogen-bond donors (Lipinski definition) is 2. The first kappa shape index (κ1) is 21.2. The second-order valence-corrected chi connectivity index (χ2v) is 8.18. The second-order valence-electron chi connectivity index (χ2n) is 8.18. The van der Waals surface area contributed by atoms with Crippen LogP contribution in [0.5, 0.6) is 0 Å². The minimum Gasteiger partial charge on any atom is -0.462 e. The van der Waals surface area contributed by atoms with Gasteiger partial charge in [0.15, 0.2) is 5.58 Å². The number of nitrogens with one attached hydrogen (secondary N) is 1. The van der Waals surface area contributed by atoms with Crippen LogP contribution in [0.25, 0.3) is 22.4 Å². The van der Waals surface area contributed by atoms with Gasteiger partial charge in [0.2, 0.25) is 0 Å².